The number of nitrogens with zero attached hydrogens (tertiary/aromatic N) is 1. The first kappa shape index (κ1) is 7.47. The highest BCUT2D eigenvalue weighted by Gasteiger charge is 2.57. The van der Waals surface area contributed by atoms with Crippen molar-refractivity contribution in [3.63, 3.8) is 0 Å². The Bertz CT molecular complexity index is 142. The van der Waals surface area contributed by atoms with Crippen LogP contribution in [0.25, 0.3) is 0 Å². The molecule has 0 aliphatic carbocycles. The lowest BCUT2D eigenvalue weighted by molar-refractivity contribution is -0.563. The predicted molar refractivity (Wildman–Crippen MR) is 35.2 cm³/mol. The van der Waals surface area contributed by atoms with Crippen molar-refractivity contribution in [1.29, 1.82) is 0 Å². The average Bonchev–Trinajstić information content (AvgIpc) is 2.64. The van der Waals surface area contributed by atoms with Gasteiger partial charge in [-0.05, 0) is 6.42 Å². The molecule has 4 nitrogen and oxygen atoms in total. The SMILES string of the molecule is CCCCC1([N+](=O)[O-])CO1. The van der Waals surface area contributed by atoms with E-state index >= 15 is 0 Å². The molecule has 1 atom stereocenters. The molecule has 0 saturated carbocycles. The third-order valence-corrected chi connectivity index (χ3v) is 1.73. The van der Waals surface area contributed by atoms with Gasteiger partial charge in [-0.25, -0.2) is 0 Å². The molecular formula is C6H11NO3. The molecule has 0 aromatic heterocycles. The zero-order valence-electron chi connectivity index (χ0n) is 6.00. The number of epoxide rings is 1. The van der Waals surface area contributed by atoms with Gasteiger partial charge in [0.15, 0.2) is 6.61 Å². The largest absolute Gasteiger partial charge is 0.348 e. The van der Waals surface area contributed by atoms with Crippen molar-refractivity contribution >= 4 is 0 Å². The topological polar surface area (TPSA) is 55.7 Å². The fourth-order valence-corrected chi connectivity index (χ4v) is 0.877. The molecule has 0 aromatic rings. The summed E-state index contributed by atoms with van der Waals surface area (Å²) in [4.78, 5) is 9.95. The number of hydrogen-bond acceptors (Lipinski definition) is 3. The summed E-state index contributed by atoms with van der Waals surface area (Å²) in [5.41, 5.74) is -0.976. The fraction of sp³-hybridized carbons (Fsp3) is 1.00. The van der Waals surface area contributed by atoms with Crippen molar-refractivity contribution in [2.75, 3.05) is 6.61 Å². The number of rotatable bonds is 4. The molecule has 0 spiro atoms. The van der Waals surface area contributed by atoms with E-state index in [9.17, 15) is 10.1 Å². The van der Waals surface area contributed by atoms with Gasteiger partial charge in [0.2, 0.25) is 0 Å². The highest BCUT2D eigenvalue weighted by molar-refractivity contribution is 4.79. The molecule has 0 amide bonds. The van der Waals surface area contributed by atoms with Crippen LogP contribution in [0.15, 0.2) is 0 Å². The number of unbranched alkanes of at least 4 members (excludes halogenated alkanes) is 1. The van der Waals surface area contributed by atoms with E-state index in [-0.39, 0.29) is 4.92 Å². The Kier molecular flexibility index (Phi) is 1.89. The second-order valence-corrected chi connectivity index (χ2v) is 2.60. The number of hydrogen-bond donors (Lipinski definition) is 0. The van der Waals surface area contributed by atoms with Crippen molar-refractivity contribution in [2.45, 2.75) is 31.9 Å². The van der Waals surface area contributed by atoms with Crippen molar-refractivity contribution in [3.05, 3.63) is 10.1 Å². The highest BCUT2D eigenvalue weighted by Crippen LogP contribution is 2.32. The maximum absolute atomic E-state index is 10.3. The number of nitro groups is 1. The van der Waals surface area contributed by atoms with Crippen LogP contribution in [0.2, 0.25) is 0 Å². The third-order valence-electron chi connectivity index (χ3n) is 1.73. The zero-order chi connectivity index (χ0) is 7.61. The van der Waals surface area contributed by atoms with E-state index in [1.54, 1.807) is 0 Å². The van der Waals surface area contributed by atoms with E-state index in [2.05, 4.69) is 0 Å². The minimum absolute atomic E-state index is 0.306. The van der Waals surface area contributed by atoms with E-state index in [1.807, 2.05) is 6.92 Å². The van der Waals surface area contributed by atoms with Gasteiger partial charge < -0.3 is 4.74 Å². The van der Waals surface area contributed by atoms with Crippen molar-refractivity contribution in [2.24, 2.45) is 0 Å². The van der Waals surface area contributed by atoms with Crippen LogP contribution in [-0.4, -0.2) is 17.3 Å². The van der Waals surface area contributed by atoms with Crippen LogP contribution in [0.1, 0.15) is 26.2 Å². The minimum Gasteiger partial charge on any atom is -0.302 e. The smallest absolute Gasteiger partial charge is 0.302 e. The van der Waals surface area contributed by atoms with E-state index in [1.165, 1.54) is 0 Å². The normalized spacial score (nSPS) is 30.1. The van der Waals surface area contributed by atoms with Crippen LogP contribution in [-0.2, 0) is 4.74 Å². The summed E-state index contributed by atoms with van der Waals surface area (Å²) in [6.07, 6.45) is 2.43. The summed E-state index contributed by atoms with van der Waals surface area (Å²) in [5, 5.41) is 10.3. The lowest BCUT2D eigenvalue weighted by Gasteiger charge is -1.99. The first-order chi connectivity index (χ1) is 4.71. The summed E-state index contributed by atoms with van der Waals surface area (Å²) in [6, 6.07) is 0. The molecule has 1 heterocycles. The molecule has 1 fully saturated rings. The maximum Gasteiger partial charge on any atom is 0.348 e. The van der Waals surface area contributed by atoms with Gasteiger partial charge in [-0.3, -0.25) is 10.1 Å². The lowest BCUT2D eigenvalue weighted by atomic mass is 10.1. The summed E-state index contributed by atoms with van der Waals surface area (Å²) in [6.45, 7) is 2.32. The molecule has 0 N–H and O–H groups in total. The standard InChI is InChI=1S/C6H11NO3/c1-2-3-4-6(5-10-6)7(8)9/h2-5H2,1H3. The van der Waals surface area contributed by atoms with Gasteiger partial charge in [0, 0.05) is 6.42 Å². The van der Waals surface area contributed by atoms with E-state index in [4.69, 9.17) is 4.74 Å². The quantitative estimate of drug-likeness (QED) is 0.339. The molecule has 4 heteroatoms. The van der Waals surface area contributed by atoms with Crippen LogP contribution in [0.3, 0.4) is 0 Å². The van der Waals surface area contributed by atoms with Crippen molar-refractivity contribution in [1.82, 2.24) is 0 Å². The fourth-order valence-electron chi connectivity index (χ4n) is 0.877. The number of ether oxygens (including phenoxy) is 1. The maximum atomic E-state index is 10.3. The summed E-state index contributed by atoms with van der Waals surface area (Å²) in [7, 11) is 0. The molecule has 1 saturated heterocycles. The molecule has 1 unspecified atom stereocenters. The van der Waals surface area contributed by atoms with Gasteiger partial charge in [0.1, 0.15) is 0 Å². The van der Waals surface area contributed by atoms with E-state index < -0.39 is 5.72 Å². The van der Waals surface area contributed by atoms with E-state index in [0.29, 0.717) is 13.0 Å². The Morgan fingerprint density at radius 1 is 1.80 bits per heavy atom. The van der Waals surface area contributed by atoms with Crippen LogP contribution in [0, 0.1) is 10.1 Å². The van der Waals surface area contributed by atoms with Gasteiger partial charge >= 0.3 is 5.72 Å². The van der Waals surface area contributed by atoms with Crippen LogP contribution < -0.4 is 0 Å². The molecule has 1 rings (SSSR count). The highest BCUT2D eigenvalue weighted by atomic mass is 16.7. The first-order valence-corrected chi connectivity index (χ1v) is 3.50. The summed E-state index contributed by atoms with van der Waals surface area (Å²) < 4.78 is 4.76. The lowest BCUT2D eigenvalue weighted by Crippen LogP contribution is -2.22. The molecule has 0 aromatic carbocycles. The van der Waals surface area contributed by atoms with Gasteiger partial charge in [0.25, 0.3) is 0 Å². The first-order valence-electron chi connectivity index (χ1n) is 3.50. The molecule has 10 heavy (non-hydrogen) atoms. The van der Waals surface area contributed by atoms with Crippen molar-refractivity contribution < 1.29 is 9.66 Å². The summed E-state index contributed by atoms with van der Waals surface area (Å²) in [5.74, 6) is 0. The molecule has 1 aliphatic heterocycles. The van der Waals surface area contributed by atoms with Gasteiger partial charge in [-0.15, -0.1) is 0 Å². The minimum atomic E-state index is -0.976. The Morgan fingerprint density at radius 2 is 2.40 bits per heavy atom. The van der Waals surface area contributed by atoms with Gasteiger partial charge in [-0.1, -0.05) is 13.3 Å². The Labute approximate surface area is 59.3 Å². The molecule has 0 bridgehead atoms. The Balaban J connectivity index is 2.31. The van der Waals surface area contributed by atoms with Gasteiger partial charge in [-0.2, -0.15) is 0 Å². The third kappa shape index (κ3) is 1.26. The second-order valence-electron chi connectivity index (χ2n) is 2.60. The predicted octanol–water partition coefficient (Wildman–Crippen LogP) is 1.18. The molecule has 1 aliphatic rings. The van der Waals surface area contributed by atoms with Crippen LogP contribution >= 0.6 is 0 Å². The molecule has 58 valence electrons. The second kappa shape index (κ2) is 2.54. The monoisotopic (exact) mass is 145 g/mol. The molecule has 0 radical (unpaired) electrons. The summed E-state index contributed by atoms with van der Waals surface area (Å²) >= 11 is 0. The molecular weight excluding hydrogens is 134 g/mol. The van der Waals surface area contributed by atoms with Crippen LogP contribution in [0.4, 0.5) is 0 Å². The van der Waals surface area contributed by atoms with Gasteiger partial charge in [0.05, 0.1) is 4.92 Å². The van der Waals surface area contributed by atoms with Crippen LogP contribution in [0.5, 0.6) is 0 Å². The average molecular weight is 145 g/mol. The van der Waals surface area contributed by atoms with E-state index in [0.717, 1.165) is 12.8 Å². The van der Waals surface area contributed by atoms with Crippen molar-refractivity contribution in [3.8, 4) is 0 Å². The Hall–Kier alpha value is -0.640. The Morgan fingerprint density at radius 3 is 2.70 bits per heavy atom. The zero-order valence-corrected chi connectivity index (χ0v) is 6.00.